The molecule has 0 N–H and O–H groups in total. The molecule has 0 aliphatic carbocycles. The molecular formula is C23H26N2OS. The van der Waals surface area contributed by atoms with Crippen molar-refractivity contribution in [2.75, 3.05) is 6.54 Å². The summed E-state index contributed by atoms with van der Waals surface area (Å²) in [6.45, 7) is 11.1. The van der Waals surface area contributed by atoms with E-state index in [2.05, 4.69) is 63.2 Å². The molecule has 1 heterocycles. The monoisotopic (exact) mass is 378 g/mol. The lowest BCUT2D eigenvalue weighted by molar-refractivity contribution is -0.122. The quantitative estimate of drug-likeness (QED) is 0.607. The highest BCUT2D eigenvalue weighted by Gasteiger charge is 2.32. The van der Waals surface area contributed by atoms with Gasteiger partial charge in [-0.15, -0.1) is 0 Å². The van der Waals surface area contributed by atoms with Crippen LogP contribution < -0.4 is 0 Å². The summed E-state index contributed by atoms with van der Waals surface area (Å²) >= 11 is 1.45. The number of hydrogen-bond donors (Lipinski definition) is 0. The van der Waals surface area contributed by atoms with E-state index >= 15 is 0 Å². The van der Waals surface area contributed by atoms with Crippen molar-refractivity contribution in [3.8, 4) is 0 Å². The number of amides is 1. The Bertz CT molecular complexity index is 910. The van der Waals surface area contributed by atoms with E-state index in [1.807, 2.05) is 19.9 Å². The van der Waals surface area contributed by atoms with Gasteiger partial charge in [-0.2, -0.15) is 0 Å². The van der Waals surface area contributed by atoms with Crippen LogP contribution in [0.25, 0.3) is 6.08 Å². The van der Waals surface area contributed by atoms with Gasteiger partial charge in [0, 0.05) is 6.54 Å². The maximum absolute atomic E-state index is 12.8. The second-order valence-corrected chi connectivity index (χ2v) is 8.17. The van der Waals surface area contributed by atoms with Gasteiger partial charge in [-0.1, -0.05) is 50.2 Å². The van der Waals surface area contributed by atoms with Gasteiger partial charge in [-0.05, 0) is 72.8 Å². The summed E-state index contributed by atoms with van der Waals surface area (Å²) in [5, 5.41) is 0.751. The lowest BCUT2D eigenvalue weighted by Crippen LogP contribution is -2.28. The van der Waals surface area contributed by atoms with E-state index < -0.39 is 0 Å². The molecule has 0 radical (unpaired) electrons. The molecule has 0 bridgehead atoms. The van der Waals surface area contributed by atoms with E-state index in [9.17, 15) is 4.79 Å². The van der Waals surface area contributed by atoms with E-state index in [4.69, 9.17) is 4.99 Å². The number of aryl methyl sites for hydroxylation is 2. The number of aliphatic imine (C=N–C) groups is 1. The summed E-state index contributed by atoms with van der Waals surface area (Å²) in [5.41, 5.74) is 5.54. The van der Waals surface area contributed by atoms with Crippen LogP contribution in [0.4, 0.5) is 5.69 Å². The van der Waals surface area contributed by atoms with Gasteiger partial charge in [0.2, 0.25) is 0 Å². The maximum Gasteiger partial charge on any atom is 0.266 e. The molecule has 1 aliphatic rings. The molecule has 0 spiro atoms. The molecule has 1 aliphatic heterocycles. The highest BCUT2D eigenvalue weighted by atomic mass is 32.2. The smallest absolute Gasteiger partial charge is 0.266 e. The zero-order valence-corrected chi connectivity index (χ0v) is 17.4. The summed E-state index contributed by atoms with van der Waals surface area (Å²) in [4.78, 5) is 20.1. The third kappa shape index (κ3) is 4.33. The van der Waals surface area contributed by atoms with Crippen molar-refractivity contribution in [3.05, 3.63) is 69.6 Å². The molecule has 0 atom stereocenters. The predicted octanol–water partition coefficient (Wildman–Crippen LogP) is 6.05. The van der Waals surface area contributed by atoms with Crippen LogP contribution in [0.5, 0.6) is 0 Å². The van der Waals surface area contributed by atoms with Gasteiger partial charge in [-0.25, -0.2) is 4.99 Å². The van der Waals surface area contributed by atoms with Gasteiger partial charge in [-0.3, -0.25) is 9.69 Å². The van der Waals surface area contributed by atoms with Crippen molar-refractivity contribution in [2.24, 2.45) is 4.99 Å². The number of nitrogens with zero attached hydrogens (tertiary/aromatic N) is 2. The molecule has 2 aromatic rings. The minimum absolute atomic E-state index is 0.0273. The number of rotatable bonds is 4. The van der Waals surface area contributed by atoms with Gasteiger partial charge in [0.1, 0.15) is 0 Å². The van der Waals surface area contributed by atoms with Crippen molar-refractivity contribution in [1.29, 1.82) is 0 Å². The van der Waals surface area contributed by atoms with E-state index in [0.29, 0.717) is 12.5 Å². The van der Waals surface area contributed by atoms with Crippen molar-refractivity contribution in [1.82, 2.24) is 4.90 Å². The highest BCUT2D eigenvalue weighted by Crippen LogP contribution is 2.35. The van der Waals surface area contributed by atoms with E-state index in [1.165, 1.54) is 22.9 Å². The first-order chi connectivity index (χ1) is 12.9. The van der Waals surface area contributed by atoms with E-state index in [0.717, 1.165) is 26.9 Å². The number of thioether (sulfide) groups is 1. The number of carbonyl (C=O) groups is 1. The molecule has 4 heteroatoms. The van der Waals surface area contributed by atoms with Gasteiger partial charge in [0.15, 0.2) is 5.17 Å². The maximum atomic E-state index is 12.8. The van der Waals surface area contributed by atoms with Crippen molar-refractivity contribution >= 4 is 34.6 Å². The molecule has 3 rings (SSSR count). The van der Waals surface area contributed by atoms with Gasteiger partial charge in [0.25, 0.3) is 5.91 Å². The lowest BCUT2D eigenvalue weighted by atomic mass is 10.0. The Morgan fingerprint density at radius 3 is 2.44 bits per heavy atom. The number of carbonyl (C=O) groups excluding carboxylic acids is 1. The third-order valence-electron chi connectivity index (χ3n) is 4.69. The van der Waals surface area contributed by atoms with Crippen LogP contribution in [-0.2, 0) is 4.79 Å². The van der Waals surface area contributed by atoms with Crippen LogP contribution >= 0.6 is 11.8 Å². The molecule has 1 saturated heterocycles. The molecule has 1 amide bonds. The summed E-state index contributed by atoms with van der Waals surface area (Å²) in [6.07, 6.45) is 1.96. The van der Waals surface area contributed by atoms with Crippen molar-refractivity contribution < 1.29 is 4.79 Å². The summed E-state index contributed by atoms with van der Waals surface area (Å²) in [5.74, 6) is 0.528. The molecular weight excluding hydrogens is 352 g/mol. The molecule has 2 aromatic carbocycles. The fourth-order valence-electron chi connectivity index (χ4n) is 2.94. The standard InChI is InChI=1S/C23H26N2OS/c1-6-25-22(26)21(14-18-9-11-19(12-10-18)15(2)3)27-23(25)24-20-13-16(4)7-8-17(20)5/h7-15H,6H2,1-5H3/b21-14+,24-23?. The first-order valence-electron chi connectivity index (χ1n) is 9.36. The highest BCUT2D eigenvalue weighted by molar-refractivity contribution is 8.18. The lowest BCUT2D eigenvalue weighted by Gasteiger charge is -2.12. The van der Waals surface area contributed by atoms with Gasteiger partial charge >= 0.3 is 0 Å². The average Bonchev–Trinajstić information content (AvgIpc) is 2.93. The van der Waals surface area contributed by atoms with Gasteiger partial charge in [0.05, 0.1) is 10.6 Å². The summed E-state index contributed by atoms with van der Waals surface area (Å²) < 4.78 is 0. The average molecular weight is 379 g/mol. The third-order valence-corrected chi connectivity index (χ3v) is 5.69. The molecule has 0 saturated carbocycles. The Morgan fingerprint density at radius 2 is 1.81 bits per heavy atom. The Hall–Kier alpha value is -2.33. The number of likely N-dealkylation sites (N-methyl/N-ethyl adjacent to an activating group) is 1. The van der Waals surface area contributed by atoms with Crippen LogP contribution in [0, 0.1) is 13.8 Å². The largest absolute Gasteiger partial charge is 0.287 e. The molecule has 3 nitrogen and oxygen atoms in total. The van der Waals surface area contributed by atoms with E-state index in [-0.39, 0.29) is 5.91 Å². The topological polar surface area (TPSA) is 32.7 Å². The SMILES string of the molecule is CCN1C(=O)/C(=C\c2ccc(C(C)C)cc2)SC1=Nc1cc(C)ccc1C. The number of benzene rings is 2. The van der Waals surface area contributed by atoms with E-state index in [1.54, 1.807) is 4.90 Å². The predicted molar refractivity (Wildman–Crippen MR) is 116 cm³/mol. The number of amidine groups is 1. The van der Waals surface area contributed by atoms with Crippen LogP contribution in [0.15, 0.2) is 52.4 Å². The molecule has 0 unspecified atom stereocenters. The van der Waals surface area contributed by atoms with Gasteiger partial charge < -0.3 is 0 Å². The summed E-state index contributed by atoms with van der Waals surface area (Å²) in [6, 6.07) is 14.6. The van der Waals surface area contributed by atoms with Crippen molar-refractivity contribution in [2.45, 2.75) is 40.5 Å². The number of hydrogen-bond acceptors (Lipinski definition) is 3. The minimum atomic E-state index is 0.0273. The Kier molecular flexibility index (Phi) is 5.85. The normalized spacial score (nSPS) is 17.6. The summed E-state index contributed by atoms with van der Waals surface area (Å²) in [7, 11) is 0. The first kappa shape index (κ1) is 19.4. The molecule has 27 heavy (non-hydrogen) atoms. The zero-order valence-electron chi connectivity index (χ0n) is 16.6. The minimum Gasteiger partial charge on any atom is -0.287 e. The molecule has 1 fully saturated rings. The first-order valence-corrected chi connectivity index (χ1v) is 10.2. The fourth-order valence-corrected chi connectivity index (χ4v) is 4.00. The Labute approximate surface area is 166 Å². The Balaban J connectivity index is 1.92. The fraction of sp³-hybridized carbons (Fsp3) is 0.304. The molecule has 140 valence electrons. The van der Waals surface area contributed by atoms with Crippen molar-refractivity contribution in [3.63, 3.8) is 0 Å². The van der Waals surface area contributed by atoms with Crippen LogP contribution in [0.2, 0.25) is 0 Å². The van der Waals surface area contributed by atoms with Crippen LogP contribution in [0.1, 0.15) is 48.9 Å². The second kappa shape index (κ2) is 8.13. The van der Waals surface area contributed by atoms with Crippen LogP contribution in [-0.4, -0.2) is 22.5 Å². The van der Waals surface area contributed by atoms with Crippen LogP contribution in [0.3, 0.4) is 0 Å². The second-order valence-electron chi connectivity index (χ2n) is 7.17. The molecule has 0 aromatic heterocycles. The zero-order chi connectivity index (χ0) is 19.6. The Morgan fingerprint density at radius 1 is 1.11 bits per heavy atom.